The summed E-state index contributed by atoms with van der Waals surface area (Å²) >= 11 is 0. The SMILES string of the molecule is N#Cc1cc(-c2cc(-c3ccccc3)cc(-c3ccccc3)n2)cc(-c2ccccc2-n2c3ccccc3c3ccccc32)c1. The number of fused-ring (bicyclic) bond motifs is 3. The number of aromatic nitrogens is 2. The van der Waals surface area contributed by atoms with Crippen LogP contribution in [0.15, 0.2) is 164 Å². The fourth-order valence-corrected chi connectivity index (χ4v) is 6.32. The molecule has 2 aromatic heterocycles. The summed E-state index contributed by atoms with van der Waals surface area (Å²) in [5.41, 5.74) is 11.8. The van der Waals surface area contributed by atoms with Crippen molar-refractivity contribution >= 4 is 21.8 Å². The van der Waals surface area contributed by atoms with Crippen LogP contribution >= 0.6 is 0 Å². The number of hydrogen-bond donors (Lipinski definition) is 0. The number of pyridine rings is 1. The summed E-state index contributed by atoms with van der Waals surface area (Å²) in [5.74, 6) is 0. The highest BCUT2D eigenvalue weighted by Gasteiger charge is 2.17. The molecule has 0 atom stereocenters. The van der Waals surface area contributed by atoms with Crippen LogP contribution in [0, 0.1) is 11.3 Å². The Hall–Kier alpha value is -6.24. The highest BCUT2D eigenvalue weighted by atomic mass is 15.0. The summed E-state index contributed by atoms with van der Waals surface area (Å²) < 4.78 is 2.33. The second-order valence-electron chi connectivity index (χ2n) is 11.2. The third-order valence-electron chi connectivity index (χ3n) is 8.40. The number of benzene rings is 6. The van der Waals surface area contributed by atoms with E-state index < -0.39 is 0 Å². The van der Waals surface area contributed by atoms with Crippen molar-refractivity contribution < 1.29 is 0 Å². The number of rotatable bonds is 5. The molecule has 0 aliphatic carbocycles. The summed E-state index contributed by atoms with van der Waals surface area (Å²) in [5, 5.41) is 12.6. The zero-order valence-corrected chi connectivity index (χ0v) is 24.4. The first-order valence-corrected chi connectivity index (χ1v) is 15.0. The molecule has 3 heteroatoms. The molecule has 210 valence electrons. The first kappa shape index (κ1) is 26.4. The Labute approximate surface area is 261 Å². The van der Waals surface area contributed by atoms with Crippen LogP contribution in [0.1, 0.15) is 5.56 Å². The summed E-state index contributed by atoms with van der Waals surface area (Å²) in [6, 6.07) is 58.9. The van der Waals surface area contributed by atoms with Crippen LogP contribution < -0.4 is 0 Å². The van der Waals surface area contributed by atoms with Crippen molar-refractivity contribution in [2.45, 2.75) is 0 Å². The molecule has 45 heavy (non-hydrogen) atoms. The Morgan fingerprint density at radius 3 is 1.64 bits per heavy atom. The lowest BCUT2D eigenvalue weighted by atomic mass is 9.95. The second kappa shape index (κ2) is 11.1. The maximum Gasteiger partial charge on any atom is 0.0992 e. The first-order valence-electron chi connectivity index (χ1n) is 15.0. The molecule has 0 spiro atoms. The Balaban J connectivity index is 1.35. The Bertz CT molecular complexity index is 2270. The van der Waals surface area contributed by atoms with E-state index in [0.29, 0.717) is 5.56 Å². The van der Waals surface area contributed by atoms with Gasteiger partial charge in [-0.25, -0.2) is 4.98 Å². The molecule has 8 aromatic rings. The molecule has 0 saturated heterocycles. The molecule has 6 aromatic carbocycles. The molecule has 0 radical (unpaired) electrons. The normalized spacial score (nSPS) is 11.1. The predicted octanol–water partition coefficient (Wildman–Crippen LogP) is 10.7. The molecule has 0 aliphatic rings. The lowest BCUT2D eigenvalue weighted by Crippen LogP contribution is -1.98. The lowest BCUT2D eigenvalue weighted by molar-refractivity contribution is 1.18. The lowest BCUT2D eigenvalue weighted by Gasteiger charge is -2.16. The van der Waals surface area contributed by atoms with E-state index in [0.717, 1.165) is 61.5 Å². The molecule has 0 fully saturated rings. The minimum absolute atomic E-state index is 0.590. The van der Waals surface area contributed by atoms with Gasteiger partial charge in [-0.1, -0.05) is 115 Å². The van der Waals surface area contributed by atoms with E-state index in [1.165, 1.54) is 10.8 Å². The van der Waals surface area contributed by atoms with Crippen LogP contribution in [0.25, 0.3) is 72.3 Å². The average molecular weight is 574 g/mol. The molecular formula is C42H27N3. The largest absolute Gasteiger partial charge is 0.309 e. The first-order chi connectivity index (χ1) is 22.3. The van der Waals surface area contributed by atoms with Crippen LogP contribution in [-0.4, -0.2) is 9.55 Å². The highest BCUT2D eigenvalue weighted by molar-refractivity contribution is 6.09. The van der Waals surface area contributed by atoms with Crippen molar-refractivity contribution in [3.8, 4) is 56.5 Å². The zero-order chi connectivity index (χ0) is 30.2. The second-order valence-corrected chi connectivity index (χ2v) is 11.2. The fourth-order valence-electron chi connectivity index (χ4n) is 6.32. The van der Waals surface area contributed by atoms with Gasteiger partial charge in [-0.2, -0.15) is 5.26 Å². The van der Waals surface area contributed by atoms with Crippen molar-refractivity contribution in [3.63, 3.8) is 0 Å². The van der Waals surface area contributed by atoms with Gasteiger partial charge < -0.3 is 4.57 Å². The molecule has 0 saturated carbocycles. The van der Waals surface area contributed by atoms with Gasteiger partial charge >= 0.3 is 0 Å². The third-order valence-corrected chi connectivity index (χ3v) is 8.40. The standard InChI is InChI=1S/C42H27N3/c43-28-29-23-33(35-17-7-10-20-40(35)45-41-21-11-8-18-36(41)37-19-9-12-22-42(37)45)25-34(24-29)39-27-32(30-13-3-1-4-14-30)26-38(44-39)31-15-5-2-6-16-31/h1-27H. The van der Waals surface area contributed by atoms with Gasteiger partial charge in [0.1, 0.15) is 0 Å². The molecule has 8 rings (SSSR count). The van der Waals surface area contributed by atoms with Gasteiger partial charge in [0.2, 0.25) is 0 Å². The molecule has 3 nitrogen and oxygen atoms in total. The Morgan fingerprint density at radius 1 is 0.444 bits per heavy atom. The average Bonchev–Trinajstić information content (AvgIpc) is 3.46. The van der Waals surface area contributed by atoms with Crippen molar-refractivity contribution in [1.29, 1.82) is 5.26 Å². The number of nitrogens with zero attached hydrogens (tertiary/aromatic N) is 3. The minimum Gasteiger partial charge on any atom is -0.309 e. The van der Waals surface area contributed by atoms with Gasteiger partial charge in [-0.15, -0.1) is 0 Å². The van der Waals surface area contributed by atoms with Crippen LogP contribution in [0.3, 0.4) is 0 Å². The monoisotopic (exact) mass is 573 g/mol. The summed E-state index contributed by atoms with van der Waals surface area (Å²) in [6.07, 6.45) is 0. The zero-order valence-electron chi connectivity index (χ0n) is 24.4. The van der Waals surface area contributed by atoms with Crippen LogP contribution in [0.4, 0.5) is 0 Å². The van der Waals surface area contributed by atoms with Crippen molar-refractivity contribution in [3.05, 3.63) is 169 Å². The van der Waals surface area contributed by atoms with Crippen LogP contribution in [-0.2, 0) is 0 Å². The molecule has 0 amide bonds. The molecule has 0 bridgehead atoms. The van der Waals surface area contributed by atoms with E-state index in [1.807, 2.05) is 36.4 Å². The fraction of sp³-hybridized carbons (Fsp3) is 0. The predicted molar refractivity (Wildman–Crippen MR) is 185 cm³/mol. The Morgan fingerprint density at radius 2 is 0.978 bits per heavy atom. The quantitative estimate of drug-likeness (QED) is 0.205. The molecule has 0 unspecified atom stereocenters. The van der Waals surface area contributed by atoms with Crippen molar-refractivity contribution in [2.75, 3.05) is 0 Å². The van der Waals surface area contributed by atoms with Gasteiger partial charge in [-0.05, 0) is 65.2 Å². The Kier molecular flexibility index (Phi) is 6.52. The smallest absolute Gasteiger partial charge is 0.0992 e. The van der Waals surface area contributed by atoms with E-state index in [9.17, 15) is 5.26 Å². The van der Waals surface area contributed by atoms with E-state index in [-0.39, 0.29) is 0 Å². The van der Waals surface area contributed by atoms with Gasteiger partial charge in [-0.3, -0.25) is 0 Å². The summed E-state index contributed by atoms with van der Waals surface area (Å²) in [6.45, 7) is 0. The molecule has 0 N–H and O–H groups in total. The molecule has 0 aliphatic heterocycles. The third kappa shape index (κ3) is 4.76. The number of para-hydroxylation sites is 3. The minimum atomic E-state index is 0.590. The summed E-state index contributed by atoms with van der Waals surface area (Å²) in [4.78, 5) is 5.15. The van der Waals surface area contributed by atoms with Gasteiger partial charge in [0.25, 0.3) is 0 Å². The van der Waals surface area contributed by atoms with E-state index in [2.05, 4.69) is 138 Å². The van der Waals surface area contributed by atoms with Gasteiger partial charge in [0.15, 0.2) is 0 Å². The maximum atomic E-state index is 10.2. The maximum absolute atomic E-state index is 10.2. The van der Waals surface area contributed by atoms with Crippen molar-refractivity contribution in [1.82, 2.24) is 9.55 Å². The number of nitriles is 1. The van der Waals surface area contributed by atoms with E-state index >= 15 is 0 Å². The van der Waals surface area contributed by atoms with Gasteiger partial charge in [0, 0.05) is 27.5 Å². The molecular weight excluding hydrogens is 546 g/mol. The topological polar surface area (TPSA) is 41.6 Å². The van der Waals surface area contributed by atoms with Crippen molar-refractivity contribution in [2.24, 2.45) is 0 Å². The van der Waals surface area contributed by atoms with Crippen LogP contribution in [0.2, 0.25) is 0 Å². The molecule has 2 heterocycles. The van der Waals surface area contributed by atoms with Crippen LogP contribution in [0.5, 0.6) is 0 Å². The van der Waals surface area contributed by atoms with E-state index in [1.54, 1.807) is 0 Å². The van der Waals surface area contributed by atoms with Gasteiger partial charge in [0.05, 0.1) is 39.7 Å². The highest BCUT2D eigenvalue weighted by Crippen LogP contribution is 2.38. The number of hydrogen-bond acceptors (Lipinski definition) is 2. The summed E-state index contributed by atoms with van der Waals surface area (Å²) in [7, 11) is 0. The van der Waals surface area contributed by atoms with E-state index in [4.69, 9.17) is 4.98 Å².